The summed E-state index contributed by atoms with van der Waals surface area (Å²) in [5.41, 5.74) is 5.54. The van der Waals surface area contributed by atoms with Gasteiger partial charge in [0.25, 0.3) is 11.8 Å². The molecule has 1 aliphatic heterocycles. The Morgan fingerprint density at radius 1 is 0.765 bits per heavy atom. The lowest BCUT2D eigenvalue weighted by Gasteiger charge is -2.40. The lowest BCUT2D eigenvalue weighted by atomic mass is 9.65. The fourth-order valence-electron chi connectivity index (χ4n) is 4.72. The first kappa shape index (κ1) is 27.8. The van der Waals surface area contributed by atoms with Crippen molar-refractivity contribution in [1.29, 1.82) is 0 Å². The van der Waals surface area contributed by atoms with Gasteiger partial charge in [-0.3, -0.25) is 19.7 Å². The zero-order chi connectivity index (χ0) is 26.4. The van der Waals surface area contributed by atoms with E-state index in [9.17, 15) is 14.4 Å². The summed E-state index contributed by atoms with van der Waals surface area (Å²) in [4.78, 5) is 36.1. The third kappa shape index (κ3) is 6.17. The highest BCUT2D eigenvalue weighted by Crippen LogP contribution is 2.45. The average Bonchev–Trinajstić information content (AvgIpc) is 2.92. The predicted molar refractivity (Wildman–Crippen MR) is 137 cm³/mol. The van der Waals surface area contributed by atoms with E-state index in [1.165, 1.54) is 28.3 Å². The quantitative estimate of drug-likeness (QED) is 0.441. The Bertz CT molecular complexity index is 982. The number of nitrogens with one attached hydrogen (secondary N) is 1. The number of carbonyl (C=O) groups is 3. The molecule has 188 valence electrons. The number of benzene rings is 1. The van der Waals surface area contributed by atoms with Crippen molar-refractivity contribution >= 4 is 17.8 Å². The molecule has 0 fully saturated rings. The van der Waals surface area contributed by atoms with Gasteiger partial charge in [-0.1, -0.05) is 89.2 Å². The van der Waals surface area contributed by atoms with Gasteiger partial charge in [-0.05, 0) is 49.5 Å². The lowest BCUT2D eigenvalue weighted by molar-refractivity contribution is -0.144. The second kappa shape index (κ2) is 8.98. The van der Waals surface area contributed by atoms with Gasteiger partial charge < -0.3 is 4.74 Å². The van der Waals surface area contributed by atoms with E-state index in [1.807, 2.05) is 0 Å². The molecule has 0 saturated carbocycles. The highest BCUT2D eigenvalue weighted by Gasteiger charge is 2.37. The Morgan fingerprint density at radius 2 is 1.21 bits per heavy atom. The van der Waals surface area contributed by atoms with Gasteiger partial charge in [-0.25, -0.2) is 0 Å². The third-order valence-electron chi connectivity index (χ3n) is 6.09. The normalized spacial score (nSPS) is 15.4. The molecule has 1 aromatic rings. The summed E-state index contributed by atoms with van der Waals surface area (Å²) in [6.07, 6.45) is 0.945. The van der Waals surface area contributed by atoms with E-state index in [0.717, 1.165) is 5.56 Å². The van der Waals surface area contributed by atoms with Crippen LogP contribution < -0.4 is 5.32 Å². The summed E-state index contributed by atoms with van der Waals surface area (Å²) in [5, 5.41) is 2.17. The van der Waals surface area contributed by atoms with Crippen LogP contribution in [0.25, 0.3) is 0 Å². The molecule has 1 N–H and O–H groups in total. The predicted octanol–water partition coefficient (Wildman–Crippen LogP) is 5.89. The Hall–Kier alpha value is -2.43. The fourth-order valence-corrected chi connectivity index (χ4v) is 4.72. The average molecular weight is 470 g/mol. The molecule has 34 heavy (non-hydrogen) atoms. The van der Waals surface area contributed by atoms with Crippen molar-refractivity contribution in [3.05, 3.63) is 45.5 Å². The fraction of sp³-hybridized carbons (Fsp3) is 0.621. The Labute approximate surface area is 205 Å². The first-order chi connectivity index (χ1) is 15.1. The van der Waals surface area contributed by atoms with Crippen LogP contribution >= 0.6 is 0 Å². The van der Waals surface area contributed by atoms with E-state index < -0.39 is 17.8 Å². The molecule has 1 aliphatic rings. The molecule has 0 aliphatic carbocycles. The molecule has 0 unspecified atom stereocenters. The maximum Gasteiger partial charge on any atom is 0.310 e. The van der Waals surface area contributed by atoms with Crippen LogP contribution in [-0.4, -0.2) is 17.8 Å². The molecular formula is C29H43NO4. The van der Waals surface area contributed by atoms with E-state index in [4.69, 9.17) is 4.74 Å². The Morgan fingerprint density at radius 3 is 1.53 bits per heavy atom. The summed E-state index contributed by atoms with van der Waals surface area (Å²) in [6, 6.07) is 2.37. The number of rotatable bonds is 4. The summed E-state index contributed by atoms with van der Waals surface area (Å²) in [6.45, 7) is 26.6. The minimum atomic E-state index is -0.530. The van der Waals surface area contributed by atoms with Crippen molar-refractivity contribution < 1.29 is 19.1 Å². The molecule has 0 atom stereocenters. The summed E-state index contributed by atoms with van der Waals surface area (Å²) in [5.74, 6) is -1.54. The van der Waals surface area contributed by atoms with E-state index in [2.05, 4.69) is 94.5 Å². The van der Waals surface area contributed by atoms with Gasteiger partial charge in [0.15, 0.2) is 0 Å². The van der Waals surface area contributed by atoms with Crippen LogP contribution in [0.4, 0.5) is 0 Å². The van der Waals surface area contributed by atoms with Crippen LogP contribution in [0.5, 0.6) is 0 Å². The highest BCUT2D eigenvalue weighted by molar-refractivity contribution is 6.17. The van der Waals surface area contributed by atoms with Crippen molar-refractivity contribution in [3.8, 4) is 0 Å². The van der Waals surface area contributed by atoms with E-state index in [-0.39, 0.29) is 40.3 Å². The van der Waals surface area contributed by atoms with E-state index >= 15 is 0 Å². The first-order valence-electron chi connectivity index (χ1n) is 12.1. The van der Waals surface area contributed by atoms with Crippen molar-refractivity contribution in [2.24, 2.45) is 0 Å². The smallest absolute Gasteiger partial charge is 0.310 e. The number of imide groups is 1. The molecule has 1 heterocycles. The van der Waals surface area contributed by atoms with Gasteiger partial charge in [0.1, 0.15) is 6.61 Å². The third-order valence-corrected chi connectivity index (χ3v) is 6.09. The largest absolute Gasteiger partial charge is 0.461 e. The second-order valence-electron chi connectivity index (χ2n) is 13.5. The number of carbonyl (C=O) groups excluding carboxylic acids is 3. The number of ether oxygens (including phenoxy) is 1. The number of hydrogen-bond acceptors (Lipinski definition) is 4. The zero-order valence-electron chi connectivity index (χ0n) is 23.2. The van der Waals surface area contributed by atoms with Crippen molar-refractivity contribution in [3.63, 3.8) is 0 Å². The standard InChI is InChI=1S/C29H43NO4/c1-26(2,3)19-15-20(27(4,5)6)24(29(10,11)12)18(23(19)28(7,8)9)16-34-22(32)14-17-13-21(31)30-25(17)33/h13,15H,14,16H2,1-12H3,(H,30,31,33). The molecule has 0 radical (unpaired) electrons. The monoisotopic (exact) mass is 469 g/mol. The summed E-state index contributed by atoms with van der Waals surface area (Å²) >= 11 is 0. The molecule has 5 nitrogen and oxygen atoms in total. The van der Waals surface area contributed by atoms with Gasteiger partial charge in [-0.2, -0.15) is 0 Å². The van der Waals surface area contributed by atoms with E-state index in [0.29, 0.717) is 0 Å². The molecule has 0 aromatic heterocycles. The SMILES string of the molecule is CC(C)(C)c1cc(C(C)(C)C)c(C(C)(C)C)c(COC(=O)CC2=CC(=O)NC2=O)c1C(C)(C)C. The van der Waals surface area contributed by atoms with Crippen molar-refractivity contribution in [2.75, 3.05) is 0 Å². The topological polar surface area (TPSA) is 72.5 Å². The molecule has 2 rings (SSSR count). The maximum atomic E-state index is 12.8. The van der Waals surface area contributed by atoms with Crippen LogP contribution in [0.2, 0.25) is 0 Å². The Balaban J connectivity index is 2.72. The van der Waals surface area contributed by atoms with Crippen LogP contribution in [0, 0.1) is 0 Å². The minimum Gasteiger partial charge on any atom is -0.461 e. The van der Waals surface area contributed by atoms with E-state index in [1.54, 1.807) is 0 Å². The van der Waals surface area contributed by atoms with Gasteiger partial charge in [-0.15, -0.1) is 0 Å². The molecular weight excluding hydrogens is 426 g/mol. The van der Waals surface area contributed by atoms with Crippen molar-refractivity contribution in [2.45, 2.75) is 118 Å². The zero-order valence-corrected chi connectivity index (χ0v) is 23.2. The molecule has 0 saturated heterocycles. The minimum absolute atomic E-state index is 0.106. The molecule has 5 heteroatoms. The van der Waals surface area contributed by atoms with Gasteiger partial charge in [0.05, 0.1) is 6.42 Å². The van der Waals surface area contributed by atoms with Crippen molar-refractivity contribution in [1.82, 2.24) is 5.32 Å². The summed E-state index contributed by atoms with van der Waals surface area (Å²) in [7, 11) is 0. The highest BCUT2D eigenvalue weighted by atomic mass is 16.5. The lowest BCUT2D eigenvalue weighted by Crippen LogP contribution is -2.32. The van der Waals surface area contributed by atoms with Crippen LogP contribution in [0.3, 0.4) is 0 Å². The van der Waals surface area contributed by atoms with Crippen LogP contribution in [0.15, 0.2) is 17.7 Å². The van der Waals surface area contributed by atoms with Crippen LogP contribution in [-0.2, 0) is 47.4 Å². The number of amides is 2. The van der Waals surface area contributed by atoms with Gasteiger partial charge in [0.2, 0.25) is 0 Å². The molecule has 0 spiro atoms. The molecule has 2 amide bonds. The first-order valence-corrected chi connectivity index (χ1v) is 12.1. The van der Waals surface area contributed by atoms with Crippen LogP contribution in [0.1, 0.15) is 117 Å². The molecule has 0 bridgehead atoms. The maximum absolute atomic E-state index is 12.8. The van der Waals surface area contributed by atoms with Gasteiger partial charge >= 0.3 is 5.97 Å². The number of hydrogen-bond donors (Lipinski definition) is 1. The second-order valence-corrected chi connectivity index (χ2v) is 13.5. The summed E-state index contributed by atoms with van der Waals surface area (Å²) < 4.78 is 5.81. The van der Waals surface area contributed by atoms with Gasteiger partial charge in [0, 0.05) is 11.6 Å². The molecule has 1 aromatic carbocycles. The number of esters is 1. The Kier molecular flexibility index (Phi) is 7.34.